The van der Waals surface area contributed by atoms with Crippen LogP contribution >= 0.6 is 11.5 Å². The van der Waals surface area contributed by atoms with E-state index in [-0.39, 0.29) is 0 Å². The molecule has 0 radical (unpaired) electrons. The molecule has 3 saturated heterocycles. The van der Waals surface area contributed by atoms with Gasteiger partial charge in [0, 0.05) is 19.0 Å². The van der Waals surface area contributed by atoms with E-state index in [0.717, 1.165) is 23.4 Å². The molecule has 3 aliphatic rings. The molecule has 4 rings (SSSR count). The lowest BCUT2D eigenvalue weighted by Gasteiger charge is -2.47. The standard InChI is InChI=1S/C10H16N4S/c1-6-4-14-3-2-7(6)8(5-14)9-12-10(11)13-15-9/h6-8H,2-5H2,1H3,(H2,11,13). The molecule has 4 heterocycles. The molecule has 82 valence electrons. The molecule has 0 aromatic carbocycles. The summed E-state index contributed by atoms with van der Waals surface area (Å²) in [5, 5.41) is 1.15. The molecular weight excluding hydrogens is 208 g/mol. The Morgan fingerprint density at radius 3 is 2.93 bits per heavy atom. The molecule has 0 spiro atoms. The molecule has 1 aromatic rings. The normalized spacial score (nSPS) is 39.5. The predicted octanol–water partition coefficient (Wildman–Crippen LogP) is 1.18. The minimum absolute atomic E-state index is 0.444. The van der Waals surface area contributed by atoms with E-state index in [1.165, 1.54) is 31.0 Å². The van der Waals surface area contributed by atoms with Crippen LogP contribution < -0.4 is 5.73 Å². The van der Waals surface area contributed by atoms with Crippen molar-refractivity contribution in [3.8, 4) is 0 Å². The summed E-state index contributed by atoms with van der Waals surface area (Å²) in [6.45, 7) is 6.03. The Hall–Kier alpha value is -0.680. The lowest BCUT2D eigenvalue weighted by molar-refractivity contribution is 0.0385. The van der Waals surface area contributed by atoms with Crippen LogP contribution in [0, 0.1) is 11.8 Å². The minimum Gasteiger partial charge on any atom is -0.367 e. The highest BCUT2D eigenvalue weighted by atomic mass is 32.1. The smallest absolute Gasteiger partial charge is 0.232 e. The van der Waals surface area contributed by atoms with E-state index in [9.17, 15) is 0 Å². The fraction of sp³-hybridized carbons (Fsp3) is 0.800. The summed E-state index contributed by atoms with van der Waals surface area (Å²) in [4.78, 5) is 6.89. The Bertz CT molecular complexity index is 364. The van der Waals surface area contributed by atoms with Gasteiger partial charge in [0.25, 0.3) is 0 Å². The van der Waals surface area contributed by atoms with Gasteiger partial charge >= 0.3 is 0 Å². The van der Waals surface area contributed by atoms with Crippen molar-refractivity contribution in [2.45, 2.75) is 19.3 Å². The average Bonchev–Trinajstić information content (AvgIpc) is 2.65. The summed E-state index contributed by atoms with van der Waals surface area (Å²) in [5.41, 5.74) is 5.59. The van der Waals surface area contributed by atoms with Crippen molar-refractivity contribution in [1.82, 2.24) is 14.3 Å². The monoisotopic (exact) mass is 224 g/mol. The molecular formula is C10H16N4S. The van der Waals surface area contributed by atoms with Crippen LogP contribution in [0.2, 0.25) is 0 Å². The Kier molecular flexibility index (Phi) is 2.17. The van der Waals surface area contributed by atoms with Gasteiger partial charge in [-0.15, -0.1) is 0 Å². The topological polar surface area (TPSA) is 55.0 Å². The number of aromatic nitrogens is 2. The zero-order valence-corrected chi connectivity index (χ0v) is 9.70. The quantitative estimate of drug-likeness (QED) is 0.778. The summed E-state index contributed by atoms with van der Waals surface area (Å²) in [5.74, 6) is 2.61. The fourth-order valence-corrected chi connectivity index (χ4v) is 3.83. The molecule has 4 atom stereocenters. The summed E-state index contributed by atoms with van der Waals surface area (Å²) < 4.78 is 4.09. The second-order valence-electron chi connectivity index (χ2n) is 4.79. The number of nitrogens with two attached hydrogens (primary N) is 1. The molecule has 4 unspecified atom stereocenters. The van der Waals surface area contributed by atoms with Crippen molar-refractivity contribution in [3.05, 3.63) is 5.01 Å². The van der Waals surface area contributed by atoms with Gasteiger partial charge in [-0.1, -0.05) is 6.92 Å². The van der Waals surface area contributed by atoms with Crippen LogP contribution in [0.5, 0.6) is 0 Å². The number of rotatable bonds is 1. The van der Waals surface area contributed by atoms with Crippen LogP contribution in [0.15, 0.2) is 0 Å². The second kappa shape index (κ2) is 3.42. The molecule has 2 bridgehead atoms. The van der Waals surface area contributed by atoms with Crippen molar-refractivity contribution in [2.75, 3.05) is 25.4 Å². The van der Waals surface area contributed by atoms with Crippen molar-refractivity contribution < 1.29 is 0 Å². The molecule has 0 saturated carbocycles. The van der Waals surface area contributed by atoms with E-state index in [1.807, 2.05) is 0 Å². The van der Waals surface area contributed by atoms with Crippen molar-refractivity contribution >= 4 is 17.5 Å². The number of nitrogen functional groups attached to an aromatic ring is 1. The van der Waals surface area contributed by atoms with E-state index >= 15 is 0 Å². The second-order valence-corrected chi connectivity index (χ2v) is 5.57. The Labute approximate surface area is 93.7 Å². The van der Waals surface area contributed by atoms with Crippen molar-refractivity contribution in [1.29, 1.82) is 0 Å². The predicted molar refractivity (Wildman–Crippen MR) is 60.8 cm³/mol. The summed E-state index contributed by atoms with van der Waals surface area (Å²) in [6.07, 6.45) is 1.31. The molecule has 2 N–H and O–H groups in total. The molecule has 1 aromatic heterocycles. The van der Waals surface area contributed by atoms with Crippen molar-refractivity contribution in [3.63, 3.8) is 0 Å². The molecule has 5 heteroatoms. The summed E-state index contributed by atoms with van der Waals surface area (Å²) in [6, 6.07) is 0. The number of anilines is 1. The Balaban J connectivity index is 1.88. The number of hydrogen-bond donors (Lipinski definition) is 1. The van der Waals surface area contributed by atoms with Crippen LogP contribution in [0.3, 0.4) is 0 Å². The maximum Gasteiger partial charge on any atom is 0.232 e. The molecule has 0 aliphatic carbocycles. The van der Waals surface area contributed by atoms with Gasteiger partial charge in [0.2, 0.25) is 5.95 Å². The highest BCUT2D eigenvalue weighted by molar-refractivity contribution is 7.05. The van der Waals surface area contributed by atoms with Gasteiger partial charge in [-0.05, 0) is 36.3 Å². The average molecular weight is 224 g/mol. The minimum atomic E-state index is 0.444. The van der Waals surface area contributed by atoms with E-state index in [4.69, 9.17) is 5.73 Å². The van der Waals surface area contributed by atoms with E-state index < -0.39 is 0 Å². The van der Waals surface area contributed by atoms with Gasteiger partial charge in [0.15, 0.2) is 0 Å². The number of hydrogen-bond acceptors (Lipinski definition) is 5. The van der Waals surface area contributed by atoms with E-state index in [2.05, 4.69) is 21.2 Å². The van der Waals surface area contributed by atoms with E-state index in [1.54, 1.807) is 0 Å². The lowest BCUT2D eigenvalue weighted by atomic mass is 9.73. The zero-order chi connectivity index (χ0) is 10.4. The highest BCUT2D eigenvalue weighted by Crippen LogP contribution is 2.42. The summed E-state index contributed by atoms with van der Waals surface area (Å²) >= 11 is 1.48. The van der Waals surface area contributed by atoms with E-state index in [0.29, 0.717) is 11.9 Å². The van der Waals surface area contributed by atoms with Gasteiger partial charge in [0.05, 0.1) is 0 Å². The number of fused-ring (bicyclic) bond motifs is 3. The molecule has 0 amide bonds. The number of piperidine rings is 3. The first kappa shape index (κ1) is 9.54. The van der Waals surface area contributed by atoms with Gasteiger partial charge < -0.3 is 10.6 Å². The van der Waals surface area contributed by atoms with Crippen LogP contribution in [-0.2, 0) is 0 Å². The first-order valence-electron chi connectivity index (χ1n) is 5.55. The maximum absolute atomic E-state index is 5.59. The fourth-order valence-electron chi connectivity index (χ4n) is 3.09. The maximum atomic E-state index is 5.59. The third-order valence-corrected chi connectivity index (χ3v) is 4.66. The molecule has 4 nitrogen and oxygen atoms in total. The molecule has 3 aliphatic heterocycles. The van der Waals surface area contributed by atoms with Crippen LogP contribution in [0.25, 0.3) is 0 Å². The third-order valence-electron chi connectivity index (χ3n) is 3.80. The Morgan fingerprint density at radius 2 is 2.33 bits per heavy atom. The van der Waals surface area contributed by atoms with Gasteiger partial charge in [-0.3, -0.25) is 0 Å². The van der Waals surface area contributed by atoms with Gasteiger partial charge in [-0.25, -0.2) is 4.98 Å². The third kappa shape index (κ3) is 1.54. The first-order valence-corrected chi connectivity index (χ1v) is 6.33. The van der Waals surface area contributed by atoms with Gasteiger partial charge in [-0.2, -0.15) is 4.37 Å². The van der Waals surface area contributed by atoms with Crippen LogP contribution in [-0.4, -0.2) is 33.9 Å². The van der Waals surface area contributed by atoms with Crippen LogP contribution in [0.1, 0.15) is 24.3 Å². The molecule has 15 heavy (non-hydrogen) atoms. The highest BCUT2D eigenvalue weighted by Gasteiger charge is 2.40. The molecule has 3 fully saturated rings. The van der Waals surface area contributed by atoms with Crippen molar-refractivity contribution in [2.24, 2.45) is 11.8 Å². The first-order chi connectivity index (χ1) is 7.24. The Morgan fingerprint density at radius 1 is 1.47 bits per heavy atom. The van der Waals surface area contributed by atoms with Gasteiger partial charge in [0.1, 0.15) is 5.01 Å². The zero-order valence-electron chi connectivity index (χ0n) is 8.89. The van der Waals surface area contributed by atoms with Crippen LogP contribution in [0.4, 0.5) is 5.95 Å². The lowest BCUT2D eigenvalue weighted by Crippen LogP contribution is -2.50. The number of nitrogens with zero attached hydrogens (tertiary/aromatic N) is 3. The SMILES string of the molecule is CC1CN2CCC1C(c1nc(N)ns1)C2. The summed E-state index contributed by atoms with van der Waals surface area (Å²) in [7, 11) is 0. The largest absolute Gasteiger partial charge is 0.367 e.